The van der Waals surface area contributed by atoms with E-state index in [1.54, 1.807) is 0 Å². The third-order valence-corrected chi connectivity index (χ3v) is 5.33. The molecule has 4 aromatic rings. The molecule has 0 unspecified atom stereocenters. The number of benzene rings is 3. The third-order valence-electron chi connectivity index (χ3n) is 4.46. The molecule has 0 aliphatic carbocycles. The predicted molar refractivity (Wildman–Crippen MR) is 106 cm³/mol. The standard InChI is InChI=1S/C20H12INO3/c21-14-9-18-19(25-11-24-18)10-17(14)22-15-7-3-1-5-12(15)20(23)13-6-2-4-8-16(13)22/h1-10H,11H2. The smallest absolute Gasteiger partial charge is 0.231 e. The van der Waals surface area contributed by atoms with E-state index < -0.39 is 0 Å². The van der Waals surface area contributed by atoms with Gasteiger partial charge in [-0.1, -0.05) is 24.3 Å². The number of fused-ring (bicyclic) bond motifs is 3. The van der Waals surface area contributed by atoms with Gasteiger partial charge in [0, 0.05) is 20.4 Å². The highest BCUT2D eigenvalue weighted by Gasteiger charge is 2.19. The Balaban J connectivity index is 1.99. The van der Waals surface area contributed by atoms with Gasteiger partial charge in [-0.05, 0) is 52.9 Å². The summed E-state index contributed by atoms with van der Waals surface area (Å²) in [6.45, 7) is 0.237. The first-order chi connectivity index (χ1) is 12.2. The molecular weight excluding hydrogens is 429 g/mol. The summed E-state index contributed by atoms with van der Waals surface area (Å²) in [5.74, 6) is 1.48. The molecule has 0 atom stereocenters. The summed E-state index contributed by atoms with van der Waals surface area (Å²) in [4.78, 5) is 12.9. The van der Waals surface area contributed by atoms with Crippen molar-refractivity contribution in [3.63, 3.8) is 0 Å². The second-order valence-electron chi connectivity index (χ2n) is 5.86. The van der Waals surface area contributed by atoms with Crippen molar-refractivity contribution in [1.29, 1.82) is 0 Å². The molecule has 3 aromatic carbocycles. The highest BCUT2D eigenvalue weighted by Crippen LogP contribution is 2.38. The Hall–Kier alpha value is -2.54. The number of hydrogen-bond acceptors (Lipinski definition) is 3. The van der Waals surface area contributed by atoms with Gasteiger partial charge >= 0.3 is 0 Å². The van der Waals surface area contributed by atoms with E-state index in [4.69, 9.17) is 9.47 Å². The molecule has 0 N–H and O–H groups in total. The maximum Gasteiger partial charge on any atom is 0.231 e. The number of aromatic nitrogens is 1. The van der Waals surface area contributed by atoms with Gasteiger partial charge in [0.25, 0.3) is 0 Å². The molecule has 1 aliphatic rings. The lowest BCUT2D eigenvalue weighted by Gasteiger charge is -2.17. The number of pyridine rings is 1. The Labute approximate surface area is 156 Å². The predicted octanol–water partition coefficient (Wildman–Crippen LogP) is 4.48. The van der Waals surface area contributed by atoms with E-state index in [9.17, 15) is 4.79 Å². The monoisotopic (exact) mass is 441 g/mol. The lowest BCUT2D eigenvalue weighted by atomic mass is 10.1. The van der Waals surface area contributed by atoms with E-state index in [0.717, 1.165) is 31.8 Å². The third kappa shape index (κ3) is 2.15. The molecule has 4 nitrogen and oxygen atoms in total. The van der Waals surface area contributed by atoms with Crippen molar-refractivity contribution in [2.75, 3.05) is 6.79 Å². The van der Waals surface area contributed by atoms with Crippen LogP contribution in [0.15, 0.2) is 65.5 Å². The van der Waals surface area contributed by atoms with Crippen LogP contribution in [0, 0.1) is 3.57 Å². The van der Waals surface area contributed by atoms with Crippen molar-refractivity contribution in [1.82, 2.24) is 4.57 Å². The van der Waals surface area contributed by atoms with Gasteiger partial charge in [-0.3, -0.25) is 4.79 Å². The van der Waals surface area contributed by atoms with Crippen LogP contribution in [-0.2, 0) is 0 Å². The molecule has 2 heterocycles. The van der Waals surface area contributed by atoms with Gasteiger partial charge in [-0.2, -0.15) is 0 Å². The number of rotatable bonds is 1. The van der Waals surface area contributed by atoms with Gasteiger partial charge in [-0.15, -0.1) is 0 Å². The number of halogens is 1. The molecule has 0 radical (unpaired) electrons. The van der Waals surface area contributed by atoms with Crippen LogP contribution in [0.5, 0.6) is 11.5 Å². The maximum atomic E-state index is 12.9. The van der Waals surface area contributed by atoms with Gasteiger partial charge in [0.1, 0.15) is 0 Å². The Bertz CT molecular complexity index is 1150. The van der Waals surface area contributed by atoms with Crippen molar-refractivity contribution in [2.24, 2.45) is 0 Å². The first-order valence-corrected chi connectivity index (χ1v) is 8.94. The van der Waals surface area contributed by atoms with Crippen LogP contribution < -0.4 is 14.9 Å². The molecule has 0 saturated carbocycles. The summed E-state index contributed by atoms with van der Waals surface area (Å²) in [5.41, 5.74) is 2.78. The van der Waals surface area contributed by atoms with Crippen LogP contribution in [0.4, 0.5) is 0 Å². The molecular formula is C20H12INO3. The molecule has 0 bridgehead atoms. The van der Waals surface area contributed by atoms with E-state index >= 15 is 0 Å². The first-order valence-electron chi connectivity index (χ1n) is 7.86. The van der Waals surface area contributed by atoms with Gasteiger partial charge in [0.15, 0.2) is 16.9 Å². The van der Waals surface area contributed by atoms with E-state index in [1.165, 1.54) is 0 Å². The van der Waals surface area contributed by atoms with E-state index in [1.807, 2.05) is 60.7 Å². The lowest BCUT2D eigenvalue weighted by molar-refractivity contribution is 0.174. The van der Waals surface area contributed by atoms with Crippen molar-refractivity contribution >= 4 is 44.4 Å². The van der Waals surface area contributed by atoms with Crippen LogP contribution in [0.2, 0.25) is 0 Å². The molecule has 5 rings (SSSR count). The van der Waals surface area contributed by atoms with Crippen LogP contribution in [0.3, 0.4) is 0 Å². The van der Waals surface area contributed by atoms with Crippen molar-refractivity contribution in [3.05, 3.63) is 74.5 Å². The van der Waals surface area contributed by atoms with Gasteiger partial charge in [0.05, 0.1) is 16.7 Å². The number of nitrogens with zero attached hydrogens (tertiary/aromatic N) is 1. The summed E-state index contributed by atoms with van der Waals surface area (Å²) < 4.78 is 14.2. The minimum Gasteiger partial charge on any atom is -0.454 e. The molecule has 0 fully saturated rings. The average Bonchev–Trinajstić information content (AvgIpc) is 3.09. The summed E-state index contributed by atoms with van der Waals surface area (Å²) >= 11 is 2.30. The highest BCUT2D eigenvalue weighted by atomic mass is 127. The second kappa shape index (κ2) is 5.49. The van der Waals surface area contributed by atoms with Gasteiger partial charge in [0.2, 0.25) is 6.79 Å². The normalized spacial score (nSPS) is 12.8. The molecule has 1 aromatic heterocycles. The summed E-state index contributed by atoms with van der Waals surface area (Å²) in [6, 6.07) is 19.3. The highest BCUT2D eigenvalue weighted by molar-refractivity contribution is 14.1. The summed E-state index contributed by atoms with van der Waals surface area (Å²) in [7, 11) is 0. The average molecular weight is 441 g/mol. The fourth-order valence-electron chi connectivity index (χ4n) is 3.33. The van der Waals surface area contributed by atoms with Crippen LogP contribution >= 0.6 is 22.6 Å². The molecule has 25 heavy (non-hydrogen) atoms. The first kappa shape index (κ1) is 14.8. The minimum atomic E-state index is 0.0539. The molecule has 5 heteroatoms. The molecule has 0 spiro atoms. The van der Waals surface area contributed by atoms with Crippen LogP contribution in [0.1, 0.15) is 0 Å². The summed E-state index contributed by atoms with van der Waals surface area (Å²) in [6.07, 6.45) is 0. The fourth-order valence-corrected chi connectivity index (χ4v) is 4.01. The van der Waals surface area contributed by atoms with E-state index in [0.29, 0.717) is 10.8 Å². The fraction of sp³-hybridized carbons (Fsp3) is 0.0500. The topological polar surface area (TPSA) is 40.5 Å². The lowest BCUT2D eigenvalue weighted by Crippen LogP contribution is -2.11. The van der Waals surface area contributed by atoms with Gasteiger partial charge < -0.3 is 14.0 Å². The Morgan fingerprint density at radius 1 is 0.840 bits per heavy atom. The number of hydrogen-bond donors (Lipinski definition) is 0. The Morgan fingerprint density at radius 3 is 2.04 bits per heavy atom. The molecule has 0 saturated heterocycles. The zero-order valence-corrected chi connectivity index (χ0v) is 15.2. The Kier molecular flexibility index (Phi) is 3.24. The maximum absolute atomic E-state index is 12.9. The van der Waals surface area contributed by atoms with E-state index in [-0.39, 0.29) is 12.2 Å². The van der Waals surface area contributed by atoms with Crippen molar-refractivity contribution < 1.29 is 9.47 Å². The van der Waals surface area contributed by atoms with Crippen LogP contribution in [0.25, 0.3) is 27.5 Å². The Morgan fingerprint density at radius 2 is 1.40 bits per heavy atom. The quantitative estimate of drug-likeness (QED) is 0.323. The molecule has 122 valence electrons. The van der Waals surface area contributed by atoms with Gasteiger partial charge in [-0.25, -0.2) is 0 Å². The molecule has 0 amide bonds. The SMILES string of the molecule is O=c1c2ccccc2n(-c2cc3c(cc2I)OCO3)c2ccccc12. The van der Waals surface area contributed by atoms with Crippen LogP contribution in [-0.4, -0.2) is 11.4 Å². The van der Waals surface area contributed by atoms with E-state index in [2.05, 4.69) is 27.2 Å². The zero-order chi connectivity index (χ0) is 17.0. The zero-order valence-electron chi connectivity index (χ0n) is 13.0. The van der Waals surface area contributed by atoms with Crippen molar-refractivity contribution in [3.8, 4) is 17.2 Å². The largest absolute Gasteiger partial charge is 0.454 e. The van der Waals surface area contributed by atoms with Crippen molar-refractivity contribution in [2.45, 2.75) is 0 Å². The minimum absolute atomic E-state index is 0.0539. The number of para-hydroxylation sites is 2. The number of ether oxygens (including phenoxy) is 2. The molecule has 1 aliphatic heterocycles. The second-order valence-corrected chi connectivity index (χ2v) is 7.02. The summed E-state index contributed by atoms with van der Waals surface area (Å²) in [5, 5.41) is 1.41.